The molecule has 0 spiro atoms. The summed E-state index contributed by atoms with van der Waals surface area (Å²) in [5.74, 6) is -2.27. The number of benzene rings is 2. The van der Waals surface area contributed by atoms with Gasteiger partial charge in [-0.2, -0.15) is 0 Å². The molecule has 0 saturated heterocycles. The van der Waals surface area contributed by atoms with Crippen molar-refractivity contribution >= 4 is 0 Å². The number of ether oxygens (including phenoxy) is 1. The fourth-order valence-electron chi connectivity index (χ4n) is 1.88. The Morgan fingerprint density at radius 2 is 1.67 bits per heavy atom. The lowest BCUT2D eigenvalue weighted by atomic mass is 10.2. The van der Waals surface area contributed by atoms with E-state index in [1.54, 1.807) is 6.92 Å². The van der Waals surface area contributed by atoms with E-state index >= 15 is 0 Å². The first-order valence-corrected chi connectivity index (χ1v) is 6.64. The third-order valence-electron chi connectivity index (χ3n) is 2.99. The second kappa shape index (κ2) is 6.63. The highest BCUT2D eigenvalue weighted by molar-refractivity contribution is 5.37. The van der Waals surface area contributed by atoms with Gasteiger partial charge in [-0.3, -0.25) is 0 Å². The lowest BCUT2D eigenvalue weighted by Gasteiger charge is -2.11. The number of hydrogen-bond donors (Lipinski definition) is 1. The molecule has 0 aliphatic carbocycles. The molecule has 112 valence electrons. The average molecular weight is 295 g/mol. The van der Waals surface area contributed by atoms with Gasteiger partial charge in [0, 0.05) is 6.54 Å². The van der Waals surface area contributed by atoms with Gasteiger partial charge in [-0.25, -0.2) is 13.2 Å². The normalized spacial score (nSPS) is 10.7. The Hall–Kier alpha value is -2.01. The molecule has 0 unspecified atom stereocenters. The highest BCUT2D eigenvalue weighted by Gasteiger charge is 2.14. The van der Waals surface area contributed by atoms with E-state index in [1.807, 2.05) is 6.92 Å². The van der Waals surface area contributed by atoms with Crippen molar-refractivity contribution in [2.24, 2.45) is 0 Å². The second-order valence-corrected chi connectivity index (χ2v) is 4.68. The Balaban J connectivity index is 2.25. The molecule has 21 heavy (non-hydrogen) atoms. The van der Waals surface area contributed by atoms with Crippen molar-refractivity contribution in [1.82, 2.24) is 5.32 Å². The molecule has 0 aromatic heterocycles. The van der Waals surface area contributed by atoms with E-state index in [1.165, 1.54) is 30.3 Å². The number of rotatable bonds is 5. The average Bonchev–Trinajstić information content (AvgIpc) is 2.44. The molecule has 2 aromatic rings. The molecule has 0 aliphatic rings. The molecule has 0 aliphatic heterocycles. The highest BCUT2D eigenvalue weighted by atomic mass is 19.1. The lowest BCUT2D eigenvalue weighted by Crippen LogP contribution is -2.12. The fraction of sp³-hybridized carbons (Fsp3) is 0.250. The van der Waals surface area contributed by atoms with Crippen molar-refractivity contribution < 1.29 is 17.9 Å². The minimum absolute atomic E-state index is 0.186. The van der Waals surface area contributed by atoms with Crippen molar-refractivity contribution in [2.75, 3.05) is 6.54 Å². The van der Waals surface area contributed by atoms with Crippen molar-refractivity contribution in [3.8, 4) is 11.5 Å². The number of nitrogens with one attached hydrogen (secondary N) is 1. The molecular weight excluding hydrogens is 279 g/mol. The summed E-state index contributed by atoms with van der Waals surface area (Å²) in [6.45, 7) is 4.53. The molecule has 0 bridgehead atoms. The van der Waals surface area contributed by atoms with Gasteiger partial charge >= 0.3 is 0 Å². The van der Waals surface area contributed by atoms with Crippen LogP contribution in [0.3, 0.4) is 0 Å². The van der Waals surface area contributed by atoms with Crippen LogP contribution in [0.5, 0.6) is 11.5 Å². The molecule has 0 saturated carbocycles. The molecule has 2 nitrogen and oxygen atoms in total. The SMILES string of the molecule is CCNCc1cc(F)c(Oc2ccc(F)c(C)c2)c(F)c1. The zero-order valence-corrected chi connectivity index (χ0v) is 11.8. The maximum absolute atomic E-state index is 13.9. The third kappa shape index (κ3) is 3.76. The molecule has 0 amide bonds. The first kappa shape index (κ1) is 15.4. The van der Waals surface area contributed by atoms with Crippen molar-refractivity contribution in [2.45, 2.75) is 20.4 Å². The molecule has 5 heteroatoms. The summed E-state index contributed by atoms with van der Waals surface area (Å²) in [7, 11) is 0. The van der Waals surface area contributed by atoms with Crippen LogP contribution in [0.4, 0.5) is 13.2 Å². The van der Waals surface area contributed by atoms with Gasteiger partial charge in [-0.05, 0) is 54.9 Å². The van der Waals surface area contributed by atoms with Gasteiger partial charge < -0.3 is 10.1 Å². The van der Waals surface area contributed by atoms with E-state index in [0.29, 0.717) is 24.2 Å². The van der Waals surface area contributed by atoms with E-state index in [2.05, 4.69) is 5.32 Å². The summed E-state index contributed by atoms with van der Waals surface area (Å²) in [5.41, 5.74) is 0.839. The summed E-state index contributed by atoms with van der Waals surface area (Å²) in [6.07, 6.45) is 0. The monoisotopic (exact) mass is 295 g/mol. The number of aryl methyl sites for hydroxylation is 1. The first-order valence-electron chi connectivity index (χ1n) is 6.64. The van der Waals surface area contributed by atoms with Crippen LogP contribution in [-0.2, 0) is 6.54 Å². The second-order valence-electron chi connectivity index (χ2n) is 4.68. The zero-order valence-electron chi connectivity index (χ0n) is 11.8. The van der Waals surface area contributed by atoms with Gasteiger partial charge in [0.15, 0.2) is 17.4 Å². The quantitative estimate of drug-likeness (QED) is 0.887. The number of hydrogen-bond acceptors (Lipinski definition) is 2. The van der Waals surface area contributed by atoms with Crippen LogP contribution in [0, 0.1) is 24.4 Å². The van der Waals surface area contributed by atoms with Crippen LogP contribution in [0.25, 0.3) is 0 Å². The predicted octanol–water partition coefficient (Wildman–Crippen LogP) is 4.31. The topological polar surface area (TPSA) is 21.3 Å². The van der Waals surface area contributed by atoms with E-state index in [4.69, 9.17) is 4.74 Å². The summed E-state index contributed by atoms with van der Waals surface area (Å²) in [4.78, 5) is 0. The van der Waals surface area contributed by atoms with Gasteiger partial charge in [0.05, 0.1) is 0 Å². The van der Waals surface area contributed by atoms with Crippen LogP contribution in [0.15, 0.2) is 30.3 Å². The summed E-state index contributed by atoms with van der Waals surface area (Å²) < 4.78 is 46.2. The van der Waals surface area contributed by atoms with Crippen LogP contribution < -0.4 is 10.1 Å². The molecule has 1 N–H and O–H groups in total. The van der Waals surface area contributed by atoms with Gasteiger partial charge in [-0.1, -0.05) is 6.92 Å². The van der Waals surface area contributed by atoms with Crippen LogP contribution >= 0.6 is 0 Å². The van der Waals surface area contributed by atoms with Gasteiger partial charge in [0.1, 0.15) is 11.6 Å². The minimum atomic E-state index is -0.787. The van der Waals surface area contributed by atoms with Crippen molar-refractivity contribution in [3.05, 3.63) is 58.9 Å². The number of halogens is 3. The van der Waals surface area contributed by atoms with Gasteiger partial charge in [0.2, 0.25) is 0 Å². The minimum Gasteiger partial charge on any atom is -0.451 e. The summed E-state index contributed by atoms with van der Waals surface area (Å²) >= 11 is 0. The van der Waals surface area contributed by atoms with Crippen LogP contribution in [-0.4, -0.2) is 6.54 Å². The van der Waals surface area contributed by atoms with Crippen LogP contribution in [0.2, 0.25) is 0 Å². The fourth-order valence-corrected chi connectivity index (χ4v) is 1.88. The largest absolute Gasteiger partial charge is 0.451 e. The summed E-state index contributed by atoms with van der Waals surface area (Å²) in [5, 5.41) is 2.99. The molecule has 0 radical (unpaired) electrons. The van der Waals surface area contributed by atoms with E-state index < -0.39 is 23.2 Å². The molecule has 2 aromatic carbocycles. The Morgan fingerprint density at radius 3 is 2.24 bits per heavy atom. The maximum atomic E-state index is 13.9. The standard InChI is InChI=1S/C16H16F3NO/c1-3-20-9-11-7-14(18)16(15(19)8-11)21-12-4-5-13(17)10(2)6-12/h4-8,20H,3,9H2,1-2H3. The Morgan fingerprint density at radius 1 is 1.00 bits per heavy atom. The molecular formula is C16H16F3NO. The maximum Gasteiger partial charge on any atom is 0.198 e. The van der Waals surface area contributed by atoms with Gasteiger partial charge in [-0.15, -0.1) is 0 Å². The van der Waals surface area contributed by atoms with Crippen LogP contribution in [0.1, 0.15) is 18.1 Å². The van der Waals surface area contributed by atoms with E-state index in [-0.39, 0.29) is 5.75 Å². The molecule has 0 atom stereocenters. The van der Waals surface area contributed by atoms with Crippen molar-refractivity contribution in [3.63, 3.8) is 0 Å². The first-order chi connectivity index (χ1) is 10.0. The van der Waals surface area contributed by atoms with Gasteiger partial charge in [0.25, 0.3) is 0 Å². The Labute approximate surface area is 121 Å². The summed E-state index contributed by atoms with van der Waals surface area (Å²) in [6, 6.07) is 6.35. The van der Waals surface area contributed by atoms with E-state index in [0.717, 1.165) is 0 Å². The predicted molar refractivity (Wildman–Crippen MR) is 74.9 cm³/mol. The Kier molecular flexibility index (Phi) is 4.85. The zero-order chi connectivity index (χ0) is 15.4. The third-order valence-corrected chi connectivity index (χ3v) is 2.99. The van der Waals surface area contributed by atoms with Crippen molar-refractivity contribution in [1.29, 1.82) is 0 Å². The molecule has 0 fully saturated rings. The smallest absolute Gasteiger partial charge is 0.198 e. The molecule has 0 heterocycles. The Bertz CT molecular complexity index is 620. The van der Waals surface area contributed by atoms with E-state index in [9.17, 15) is 13.2 Å². The molecule has 2 rings (SSSR count). The highest BCUT2D eigenvalue weighted by Crippen LogP contribution is 2.29. The lowest BCUT2D eigenvalue weighted by molar-refractivity contribution is 0.405.